The summed E-state index contributed by atoms with van der Waals surface area (Å²) >= 11 is 0. The first-order chi connectivity index (χ1) is 6.13. The fourth-order valence-electron chi connectivity index (χ4n) is 1.10. The third kappa shape index (κ3) is 2.82. The van der Waals surface area contributed by atoms with Gasteiger partial charge in [-0.2, -0.15) is 0 Å². The van der Waals surface area contributed by atoms with Gasteiger partial charge in [0.25, 0.3) is 0 Å². The van der Waals surface area contributed by atoms with E-state index in [4.69, 9.17) is 10.8 Å². The largest absolute Gasteiger partial charge is 0.395 e. The summed E-state index contributed by atoms with van der Waals surface area (Å²) in [5.74, 6) is 0. The Bertz CT molecular complexity index is 257. The zero-order chi connectivity index (χ0) is 9.84. The van der Waals surface area contributed by atoms with E-state index in [9.17, 15) is 0 Å². The molecule has 0 aliphatic carbocycles. The van der Waals surface area contributed by atoms with Crippen molar-refractivity contribution in [3.05, 3.63) is 18.2 Å². The van der Waals surface area contributed by atoms with Gasteiger partial charge in [-0.15, -0.1) is 0 Å². The predicted octanol–water partition coefficient (Wildman–Crippen LogP) is 0.326. The summed E-state index contributed by atoms with van der Waals surface area (Å²) in [6.45, 7) is 4.20. The molecule has 0 amide bonds. The van der Waals surface area contributed by atoms with Gasteiger partial charge in [-0.1, -0.05) is 0 Å². The summed E-state index contributed by atoms with van der Waals surface area (Å²) in [5.41, 5.74) is 6.53. The molecule has 0 aliphatic heterocycles. The highest BCUT2D eigenvalue weighted by Crippen LogP contribution is 2.06. The van der Waals surface area contributed by atoms with Gasteiger partial charge >= 0.3 is 0 Å². The van der Waals surface area contributed by atoms with Crippen LogP contribution in [0.1, 0.15) is 25.6 Å². The smallest absolute Gasteiger partial charge is 0.0951 e. The minimum Gasteiger partial charge on any atom is -0.395 e. The van der Waals surface area contributed by atoms with Crippen molar-refractivity contribution in [2.75, 3.05) is 6.61 Å². The van der Waals surface area contributed by atoms with Crippen molar-refractivity contribution in [2.24, 2.45) is 5.73 Å². The van der Waals surface area contributed by atoms with E-state index in [1.54, 1.807) is 6.33 Å². The molecule has 4 nitrogen and oxygen atoms in total. The Kier molecular flexibility index (Phi) is 3.45. The lowest BCUT2D eigenvalue weighted by atomic mass is 10.2. The lowest BCUT2D eigenvalue weighted by Gasteiger charge is -2.05. The standard InChI is InChI=1S/C9H17N3O/c1-7(2)12-4-9(11-6-12)3-8(10)5-13/h4,6-8,13H,3,5,10H2,1-2H3/t8-/m0/s1. The van der Waals surface area contributed by atoms with E-state index in [1.807, 2.05) is 10.8 Å². The van der Waals surface area contributed by atoms with Crippen LogP contribution < -0.4 is 5.73 Å². The van der Waals surface area contributed by atoms with Gasteiger partial charge in [-0.3, -0.25) is 0 Å². The van der Waals surface area contributed by atoms with Gasteiger partial charge in [-0.25, -0.2) is 4.98 Å². The molecule has 0 bridgehead atoms. The molecule has 4 heteroatoms. The first-order valence-corrected chi connectivity index (χ1v) is 4.52. The Morgan fingerprint density at radius 3 is 2.77 bits per heavy atom. The van der Waals surface area contributed by atoms with Gasteiger partial charge in [0.1, 0.15) is 0 Å². The Hall–Kier alpha value is -0.870. The van der Waals surface area contributed by atoms with Crippen LogP contribution in [0.15, 0.2) is 12.5 Å². The second-order valence-corrected chi connectivity index (χ2v) is 3.55. The fourth-order valence-corrected chi connectivity index (χ4v) is 1.10. The number of hydrogen-bond acceptors (Lipinski definition) is 3. The monoisotopic (exact) mass is 183 g/mol. The lowest BCUT2D eigenvalue weighted by Crippen LogP contribution is -2.26. The molecule has 0 saturated carbocycles. The van der Waals surface area contributed by atoms with E-state index in [0.717, 1.165) is 5.69 Å². The zero-order valence-corrected chi connectivity index (χ0v) is 8.14. The van der Waals surface area contributed by atoms with E-state index < -0.39 is 0 Å². The molecule has 0 saturated heterocycles. The zero-order valence-electron chi connectivity index (χ0n) is 8.14. The first kappa shape index (κ1) is 10.2. The lowest BCUT2D eigenvalue weighted by molar-refractivity contribution is 0.264. The average molecular weight is 183 g/mol. The van der Waals surface area contributed by atoms with Crippen LogP contribution in [0, 0.1) is 0 Å². The first-order valence-electron chi connectivity index (χ1n) is 4.52. The van der Waals surface area contributed by atoms with Crippen molar-refractivity contribution >= 4 is 0 Å². The molecule has 74 valence electrons. The molecular formula is C9H17N3O. The highest BCUT2D eigenvalue weighted by molar-refractivity contribution is 5.00. The van der Waals surface area contributed by atoms with Crippen molar-refractivity contribution in [3.8, 4) is 0 Å². The maximum absolute atomic E-state index is 8.75. The molecule has 0 aliphatic rings. The molecule has 1 aromatic rings. The molecule has 0 radical (unpaired) electrons. The highest BCUT2D eigenvalue weighted by atomic mass is 16.3. The van der Waals surface area contributed by atoms with Gasteiger partial charge in [-0.05, 0) is 13.8 Å². The fraction of sp³-hybridized carbons (Fsp3) is 0.667. The number of nitrogens with two attached hydrogens (primary N) is 1. The van der Waals surface area contributed by atoms with Gasteiger partial charge in [0.05, 0.1) is 18.6 Å². The topological polar surface area (TPSA) is 64.1 Å². The van der Waals surface area contributed by atoms with E-state index in [1.165, 1.54) is 0 Å². The third-order valence-electron chi connectivity index (χ3n) is 1.96. The molecule has 1 rings (SSSR count). The van der Waals surface area contributed by atoms with Crippen molar-refractivity contribution in [1.29, 1.82) is 0 Å². The minimum absolute atomic E-state index is 0.00847. The van der Waals surface area contributed by atoms with Crippen molar-refractivity contribution < 1.29 is 5.11 Å². The Labute approximate surface area is 78.4 Å². The normalized spacial score (nSPS) is 13.6. The summed E-state index contributed by atoms with van der Waals surface area (Å²) in [6.07, 6.45) is 4.40. The number of imidazole rings is 1. The molecule has 1 aromatic heterocycles. The van der Waals surface area contributed by atoms with Crippen molar-refractivity contribution in [2.45, 2.75) is 32.4 Å². The molecule has 3 N–H and O–H groups in total. The number of aliphatic hydroxyl groups is 1. The van der Waals surface area contributed by atoms with Crippen LogP contribution in [0.25, 0.3) is 0 Å². The molecule has 0 fully saturated rings. The number of hydrogen-bond donors (Lipinski definition) is 2. The SMILES string of the molecule is CC(C)n1cnc(C[C@H](N)CO)c1. The van der Waals surface area contributed by atoms with E-state index in [2.05, 4.69) is 18.8 Å². The Morgan fingerprint density at radius 2 is 2.31 bits per heavy atom. The number of rotatable bonds is 4. The van der Waals surface area contributed by atoms with Crippen molar-refractivity contribution in [1.82, 2.24) is 9.55 Å². The van der Waals surface area contributed by atoms with Gasteiger partial charge in [0, 0.05) is 24.7 Å². The third-order valence-corrected chi connectivity index (χ3v) is 1.96. The van der Waals surface area contributed by atoms with Gasteiger partial charge in [0.2, 0.25) is 0 Å². The van der Waals surface area contributed by atoms with Crippen LogP contribution >= 0.6 is 0 Å². The molecule has 0 unspecified atom stereocenters. The van der Waals surface area contributed by atoms with E-state index in [-0.39, 0.29) is 12.6 Å². The second kappa shape index (κ2) is 4.39. The summed E-state index contributed by atoms with van der Waals surface area (Å²) in [7, 11) is 0. The summed E-state index contributed by atoms with van der Waals surface area (Å²) in [4.78, 5) is 4.20. The van der Waals surface area contributed by atoms with Crippen molar-refractivity contribution in [3.63, 3.8) is 0 Å². The van der Waals surface area contributed by atoms with Crippen LogP contribution in [-0.2, 0) is 6.42 Å². The van der Waals surface area contributed by atoms with E-state index >= 15 is 0 Å². The molecule has 0 aromatic carbocycles. The highest BCUT2D eigenvalue weighted by Gasteiger charge is 2.06. The summed E-state index contributed by atoms with van der Waals surface area (Å²) in [5, 5.41) is 8.75. The predicted molar refractivity (Wildman–Crippen MR) is 51.4 cm³/mol. The summed E-state index contributed by atoms with van der Waals surface area (Å²) in [6, 6.07) is 0.224. The molecule has 13 heavy (non-hydrogen) atoms. The Morgan fingerprint density at radius 1 is 1.62 bits per heavy atom. The summed E-state index contributed by atoms with van der Waals surface area (Å²) < 4.78 is 2.03. The maximum atomic E-state index is 8.75. The molecular weight excluding hydrogens is 166 g/mol. The van der Waals surface area contributed by atoms with E-state index in [0.29, 0.717) is 12.5 Å². The number of aliphatic hydroxyl groups excluding tert-OH is 1. The van der Waals surface area contributed by atoms with Crippen LogP contribution in [0.4, 0.5) is 0 Å². The minimum atomic E-state index is -0.199. The Balaban J connectivity index is 2.58. The van der Waals surface area contributed by atoms with Gasteiger partial charge < -0.3 is 15.4 Å². The molecule has 1 heterocycles. The number of aromatic nitrogens is 2. The average Bonchev–Trinajstić information content (AvgIpc) is 2.52. The maximum Gasteiger partial charge on any atom is 0.0951 e. The molecule has 1 atom stereocenters. The second-order valence-electron chi connectivity index (χ2n) is 3.55. The molecule has 0 spiro atoms. The van der Waals surface area contributed by atoms with Crippen LogP contribution in [0.2, 0.25) is 0 Å². The van der Waals surface area contributed by atoms with Gasteiger partial charge in [0.15, 0.2) is 0 Å². The quantitative estimate of drug-likeness (QED) is 0.707. The van der Waals surface area contributed by atoms with Crippen LogP contribution in [-0.4, -0.2) is 27.3 Å². The van der Waals surface area contributed by atoms with Crippen LogP contribution in [0.3, 0.4) is 0 Å². The number of nitrogens with zero attached hydrogens (tertiary/aromatic N) is 2. The van der Waals surface area contributed by atoms with Crippen LogP contribution in [0.5, 0.6) is 0 Å².